The average Bonchev–Trinajstić information content (AvgIpc) is 2.40. The topological polar surface area (TPSA) is 124 Å². The van der Waals surface area contributed by atoms with Crippen LogP contribution in [0.4, 0.5) is 5.82 Å². The van der Waals surface area contributed by atoms with E-state index >= 15 is 0 Å². The lowest BCUT2D eigenvalue weighted by atomic mass is 10.3. The first-order chi connectivity index (χ1) is 7.63. The van der Waals surface area contributed by atoms with Gasteiger partial charge in [0.25, 0.3) is 0 Å². The molecule has 0 aliphatic carbocycles. The summed E-state index contributed by atoms with van der Waals surface area (Å²) in [5, 5.41) is 2.86. The van der Waals surface area contributed by atoms with Crippen LogP contribution in [0.5, 0.6) is 0 Å². The fraction of sp³-hybridized carbons (Fsp3) is 0.571. The predicted octanol–water partition coefficient (Wildman–Crippen LogP) is -1.38. The van der Waals surface area contributed by atoms with E-state index in [-0.39, 0.29) is 12.4 Å². The van der Waals surface area contributed by atoms with Crippen molar-refractivity contribution in [3.05, 3.63) is 11.8 Å². The van der Waals surface area contributed by atoms with Crippen LogP contribution >= 0.6 is 0 Å². The highest BCUT2D eigenvalue weighted by Crippen LogP contribution is 2.13. The Morgan fingerprint density at radius 1 is 1.41 bits per heavy atom. The first-order valence-electron chi connectivity index (χ1n) is 4.54. The molecule has 0 saturated heterocycles. The molecule has 3 N–H and O–H groups in total. The van der Waals surface area contributed by atoms with Crippen LogP contribution in [-0.2, 0) is 33.5 Å². The molecule has 0 unspecified atom stereocenters. The van der Waals surface area contributed by atoms with Crippen molar-refractivity contribution in [2.45, 2.75) is 6.54 Å². The maximum atomic E-state index is 11.5. The van der Waals surface area contributed by atoms with E-state index in [0.717, 1.165) is 6.26 Å². The fourth-order valence-corrected chi connectivity index (χ4v) is 4.19. The predicted molar refractivity (Wildman–Crippen MR) is 63.4 cm³/mol. The Labute approximate surface area is 99.8 Å². The van der Waals surface area contributed by atoms with Crippen LogP contribution in [0.3, 0.4) is 0 Å². The summed E-state index contributed by atoms with van der Waals surface area (Å²) < 4.78 is 48.4. The van der Waals surface area contributed by atoms with Crippen molar-refractivity contribution in [1.29, 1.82) is 0 Å². The van der Waals surface area contributed by atoms with Gasteiger partial charge >= 0.3 is 0 Å². The number of hydrogen-bond donors (Lipinski definition) is 2. The summed E-state index contributed by atoms with van der Waals surface area (Å²) in [5.74, 6) is 0.0543. The lowest BCUT2D eigenvalue weighted by molar-refractivity contribution is 0.594. The van der Waals surface area contributed by atoms with Crippen LogP contribution in [0, 0.1) is 0 Å². The number of nitrogens with two attached hydrogens (primary N) is 1. The second-order valence-electron chi connectivity index (χ2n) is 3.64. The molecule has 1 aromatic heterocycles. The first kappa shape index (κ1) is 13.9. The molecular formula is C7H14N4O4S2. The van der Waals surface area contributed by atoms with E-state index in [1.165, 1.54) is 4.68 Å². The van der Waals surface area contributed by atoms with Gasteiger partial charge in [0.2, 0.25) is 10.0 Å². The summed E-state index contributed by atoms with van der Waals surface area (Å²) in [5.41, 5.74) is 5.89. The quantitative estimate of drug-likeness (QED) is 0.686. The Balaban J connectivity index is 2.98. The number of rotatable bonds is 5. The molecule has 0 amide bonds. The largest absolute Gasteiger partial charge is 0.326 e. The molecule has 8 nitrogen and oxygen atoms in total. The van der Waals surface area contributed by atoms with Crippen LogP contribution in [0.2, 0.25) is 0 Å². The van der Waals surface area contributed by atoms with E-state index in [0.29, 0.717) is 5.56 Å². The second-order valence-corrected chi connectivity index (χ2v) is 7.87. The van der Waals surface area contributed by atoms with Crippen LogP contribution < -0.4 is 10.5 Å². The number of nitrogens with zero attached hydrogens (tertiary/aromatic N) is 2. The summed E-state index contributed by atoms with van der Waals surface area (Å²) in [6.45, 7) is 0.102. The number of nitrogens with one attached hydrogen (secondary N) is 1. The zero-order valence-corrected chi connectivity index (χ0v) is 11.0. The smallest absolute Gasteiger partial charge is 0.248 e. The van der Waals surface area contributed by atoms with Gasteiger partial charge in [-0.05, 0) is 0 Å². The van der Waals surface area contributed by atoms with E-state index in [4.69, 9.17) is 5.73 Å². The van der Waals surface area contributed by atoms with Crippen LogP contribution in [0.1, 0.15) is 5.56 Å². The van der Waals surface area contributed by atoms with Gasteiger partial charge in [-0.1, -0.05) is 0 Å². The third-order valence-corrected chi connectivity index (χ3v) is 5.20. The van der Waals surface area contributed by atoms with Gasteiger partial charge in [0, 0.05) is 31.6 Å². The Hall–Kier alpha value is -1.13. The lowest BCUT2D eigenvalue weighted by Crippen LogP contribution is -2.23. The SMILES string of the molecule is Cn1cc(CN)c(NS(=O)(=O)CS(C)(=O)=O)n1. The molecule has 0 aromatic carbocycles. The fourth-order valence-electron chi connectivity index (χ4n) is 1.23. The van der Waals surface area contributed by atoms with Gasteiger partial charge in [-0.15, -0.1) is 0 Å². The molecule has 1 heterocycles. The number of anilines is 1. The molecule has 10 heteroatoms. The standard InChI is InChI=1S/C7H14N4O4S2/c1-11-4-6(3-8)7(9-11)10-17(14,15)5-16(2,12)13/h4H,3,5,8H2,1-2H3,(H,9,10). The third-order valence-electron chi connectivity index (χ3n) is 1.75. The van der Waals surface area contributed by atoms with Crippen molar-refractivity contribution in [2.75, 3.05) is 16.1 Å². The zero-order valence-electron chi connectivity index (χ0n) is 9.41. The molecule has 0 atom stereocenters. The Bertz CT molecular complexity index is 602. The maximum absolute atomic E-state index is 11.5. The van der Waals surface area contributed by atoms with Gasteiger partial charge in [0.1, 0.15) is 0 Å². The molecule has 1 rings (SSSR count). The van der Waals surface area contributed by atoms with Gasteiger partial charge in [-0.25, -0.2) is 16.8 Å². The summed E-state index contributed by atoms with van der Waals surface area (Å²) in [6, 6.07) is 0. The molecule has 98 valence electrons. The first-order valence-corrected chi connectivity index (χ1v) is 8.25. The Kier molecular flexibility index (Phi) is 3.79. The number of sulfonamides is 1. The van der Waals surface area contributed by atoms with E-state index < -0.39 is 24.9 Å². The second kappa shape index (κ2) is 4.63. The minimum atomic E-state index is -3.98. The summed E-state index contributed by atoms with van der Waals surface area (Å²) in [6.07, 6.45) is 2.40. The number of hydrogen-bond acceptors (Lipinski definition) is 6. The van der Waals surface area contributed by atoms with Gasteiger partial charge in [-0.2, -0.15) is 5.10 Å². The van der Waals surface area contributed by atoms with Crippen LogP contribution in [-0.4, -0.2) is 38.0 Å². The Morgan fingerprint density at radius 2 is 2.00 bits per heavy atom. The number of aromatic nitrogens is 2. The molecule has 0 bridgehead atoms. The molecule has 0 aliphatic heterocycles. The average molecular weight is 282 g/mol. The van der Waals surface area contributed by atoms with Crippen molar-refractivity contribution in [2.24, 2.45) is 12.8 Å². The number of aryl methyl sites for hydroxylation is 1. The van der Waals surface area contributed by atoms with Gasteiger partial charge < -0.3 is 5.73 Å². The summed E-state index contributed by atoms with van der Waals surface area (Å²) in [4.78, 5) is 0. The van der Waals surface area contributed by atoms with Crippen molar-refractivity contribution in [3.8, 4) is 0 Å². The molecular weight excluding hydrogens is 268 g/mol. The van der Waals surface area contributed by atoms with Crippen LogP contribution in [0.25, 0.3) is 0 Å². The molecule has 0 aliphatic rings. The van der Waals surface area contributed by atoms with Crippen LogP contribution in [0.15, 0.2) is 6.20 Å². The van der Waals surface area contributed by atoms with E-state index in [2.05, 4.69) is 9.82 Å². The van der Waals surface area contributed by atoms with Gasteiger partial charge in [0.05, 0.1) is 0 Å². The summed E-state index contributed by atoms with van der Waals surface area (Å²) in [7, 11) is -6.01. The highest BCUT2D eigenvalue weighted by molar-refractivity contribution is 8.08. The maximum Gasteiger partial charge on any atom is 0.248 e. The van der Waals surface area contributed by atoms with Crippen molar-refractivity contribution >= 4 is 25.7 Å². The van der Waals surface area contributed by atoms with E-state index in [1.807, 2.05) is 0 Å². The van der Waals surface area contributed by atoms with E-state index in [9.17, 15) is 16.8 Å². The lowest BCUT2D eigenvalue weighted by Gasteiger charge is -2.05. The molecule has 0 radical (unpaired) electrons. The molecule has 0 fully saturated rings. The van der Waals surface area contributed by atoms with Crippen molar-refractivity contribution in [3.63, 3.8) is 0 Å². The third kappa shape index (κ3) is 4.32. The normalized spacial score (nSPS) is 12.6. The minimum Gasteiger partial charge on any atom is -0.326 e. The molecule has 0 saturated carbocycles. The zero-order chi connectivity index (χ0) is 13.3. The van der Waals surface area contributed by atoms with Gasteiger partial charge in [-0.3, -0.25) is 9.40 Å². The molecule has 0 spiro atoms. The highest BCUT2D eigenvalue weighted by Gasteiger charge is 2.20. The summed E-state index contributed by atoms with van der Waals surface area (Å²) >= 11 is 0. The Morgan fingerprint density at radius 3 is 2.47 bits per heavy atom. The van der Waals surface area contributed by atoms with Crippen molar-refractivity contribution < 1.29 is 16.8 Å². The molecule has 17 heavy (non-hydrogen) atoms. The monoisotopic (exact) mass is 282 g/mol. The van der Waals surface area contributed by atoms with Gasteiger partial charge in [0.15, 0.2) is 20.7 Å². The highest BCUT2D eigenvalue weighted by atomic mass is 32.3. The van der Waals surface area contributed by atoms with E-state index in [1.54, 1.807) is 13.2 Å². The number of sulfone groups is 1. The van der Waals surface area contributed by atoms with Crippen molar-refractivity contribution in [1.82, 2.24) is 9.78 Å². The molecule has 1 aromatic rings. The minimum absolute atomic E-state index is 0.0543.